The van der Waals surface area contributed by atoms with Gasteiger partial charge in [-0.3, -0.25) is 0 Å². The van der Waals surface area contributed by atoms with E-state index in [4.69, 9.17) is 5.73 Å². The van der Waals surface area contributed by atoms with Gasteiger partial charge in [-0.25, -0.2) is 0 Å². The van der Waals surface area contributed by atoms with Gasteiger partial charge in [0, 0.05) is 11.5 Å². The molecule has 2 saturated carbocycles. The highest BCUT2D eigenvalue weighted by molar-refractivity contribution is 5.37. The molecule has 1 aromatic rings. The first-order valence-electron chi connectivity index (χ1n) is 5.28. The number of nitrogens with two attached hydrogens (primary N) is 1. The molecule has 3 rings (SSSR count). The first kappa shape index (κ1) is 8.30. The molecule has 3 N–H and O–H groups in total. The minimum absolute atomic E-state index is 0.0942. The third-order valence-corrected chi connectivity index (χ3v) is 3.68. The molecular weight excluding hydrogens is 174 g/mol. The molecule has 2 fully saturated rings. The second kappa shape index (κ2) is 2.51. The van der Waals surface area contributed by atoms with E-state index < -0.39 is 0 Å². The second-order valence-electron chi connectivity index (χ2n) is 4.73. The number of rotatable bonds is 2. The zero-order valence-corrected chi connectivity index (χ0v) is 8.11. The molecular formula is C12H15NO. The summed E-state index contributed by atoms with van der Waals surface area (Å²) in [5.41, 5.74) is 7.69. The van der Waals surface area contributed by atoms with Crippen molar-refractivity contribution in [2.45, 2.75) is 30.7 Å². The topological polar surface area (TPSA) is 46.2 Å². The molecule has 14 heavy (non-hydrogen) atoms. The van der Waals surface area contributed by atoms with Crippen LogP contribution < -0.4 is 5.73 Å². The fourth-order valence-electron chi connectivity index (χ4n) is 2.50. The van der Waals surface area contributed by atoms with Crippen molar-refractivity contribution in [3.05, 3.63) is 29.8 Å². The zero-order chi connectivity index (χ0) is 9.76. The number of benzene rings is 1. The van der Waals surface area contributed by atoms with Crippen molar-refractivity contribution < 1.29 is 5.11 Å². The molecule has 2 heteroatoms. The number of aromatic hydroxyl groups is 1. The Kier molecular flexibility index (Phi) is 1.49. The molecule has 0 heterocycles. The molecule has 2 aliphatic rings. The van der Waals surface area contributed by atoms with E-state index in [-0.39, 0.29) is 5.54 Å². The molecule has 0 aliphatic heterocycles. The Bertz CT molecular complexity index is 355. The van der Waals surface area contributed by atoms with Gasteiger partial charge in [0.15, 0.2) is 0 Å². The van der Waals surface area contributed by atoms with Crippen molar-refractivity contribution in [1.82, 2.24) is 0 Å². The smallest absolute Gasteiger partial charge is 0.115 e. The zero-order valence-electron chi connectivity index (χ0n) is 8.11. The fourth-order valence-corrected chi connectivity index (χ4v) is 2.50. The summed E-state index contributed by atoms with van der Waals surface area (Å²) >= 11 is 0. The van der Waals surface area contributed by atoms with Gasteiger partial charge in [-0.1, -0.05) is 12.1 Å². The van der Waals surface area contributed by atoms with Crippen molar-refractivity contribution >= 4 is 0 Å². The predicted molar refractivity (Wildman–Crippen MR) is 55.1 cm³/mol. The lowest BCUT2D eigenvalue weighted by Crippen LogP contribution is -2.26. The lowest BCUT2D eigenvalue weighted by Gasteiger charge is -2.09. The van der Waals surface area contributed by atoms with Crippen LogP contribution >= 0.6 is 0 Å². The van der Waals surface area contributed by atoms with Gasteiger partial charge >= 0.3 is 0 Å². The van der Waals surface area contributed by atoms with Gasteiger partial charge < -0.3 is 10.8 Å². The van der Waals surface area contributed by atoms with Crippen LogP contribution in [0.15, 0.2) is 24.3 Å². The summed E-state index contributed by atoms with van der Waals surface area (Å²) in [6, 6.07) is 7.50. The van der Waals surface area contributed by atoms with E-state index in [0.29, 0.717) is 11.7 Å². The summed E-state index contributed by atoms with van der Waals surface area (Å²) in [7, 11) is 0. The van der Waals surface area contributed by atoms with Gasteiger partial charge in [-0.2, -0.15) is 0 Å². The highest BCUT2D eigenvalue weighted by atomic mass is 16.3. The van der Waals surface area contributed by atoms with Crippen molar-refractivity contribution in [2.24, 2.45) is 11.7 Å². The quantitative estimate of drug-likeness (QED) is 0.747. The molecule has 1 aromatic carbocycles. The first-order chi connectivity index (χ1) is 6.70. The van der Waals surface area contributed by atoms with E-state index in [0.717, 1.165) is 12.3 Å². The SMILES string of the molecule is NC1(C2CC2)CC1c1ccc(O)cc1. The van der Waals surface area contributed by atoms with E-state index in [2.05, 4.69) is 0 Å². The second-order valence-corrected chi connectivity index (χ2v) is 4.73. The van der Waals surface area contributed by atoms with Crippen molar-refractivity contribution in [3.63, 3.8) is 0 Å². The van der Waals surface area contributed by atoms with Crippen LogP contribution in [0.2, 0.25) is 0 Å². The lowest BCUT2D eigenvalue weighted by molar-refractivity contribution is 0.475. The van der Waals surface area contributed by atoms with Crippen LogP contribution in [0, 0.1) is 5.92 Å². The molecule has 0 spiro atoms. The molecule has 2 aliphatic carbocycles. The van der Waals surface area contributed by atoms with Gasteiger partial charge in [0.2, 0.25) is 0 Å². The number of phenols is 1. The fraction of sp³-hybridized carbons (Fsp3) is 0.500. The molecule has 0 amide bonds. The third-order valence-electron chi connectivity index (χ3n) is 3.68. The molecule has 74 valence electrons. The van der Waals surface area contributed by atoms with E-state index in [1.54, 1.807) is 12.1 Å². The maximum atomic E-state index is 9.18. The maximum absolute atomic E-state index is 9.18. The Morgan fingerprint density at radius 2 is 1.86 bits per heavy atom. The third kappa shape index (κ3) is 1.14. The lowest BCUT2D eigenvalue weighted by atomic mass is 10.0. The van der Waals surface area contributed by atoms with Crippen LogP contribution in [0.1, 0.15) is 30.7 Å². The van der Waals surface area contributed by atoms with Crippen molar-refractivity contribution in [3.8, 4) is 5.75 Å². The highest BCUT2D eigenvalue weighted by Gasteiger charge is 2.59. The molecule has 2 atom stereocenters. The predicted octanol–water partition coefficient (Wildman–Crippen LogP) is 1.99. The number of hydrogen-bond acceptors (Lipinski definition) is 2. The summed E-state index contributed by atoms with van der Waals surface area (Å²) in [5, 5.41) is 9.18. The minimum Gasteiger partial charge on any atom is -0.508 e. The molecule has 2 unspecified atom stereocenters. The summed E-state index contributed by atoms with van der Waals surface area (Å²) < 4.78 is 0. The number of phenolic OH excluding ortho intramolecular Hbond substituents is 1. The minimum atomic E-state index is 0.0942. The monoisotopic (exact) mass is 189 g/mol. The van der Waals surface area contributed by atoms with Gasteiger partial charge in [-0.05, 0) is 42.9 Å². The van der Waals surface area contributed by atoms with E-state index >= 15 is 0 Å². The molecule has 0 radical (unpaired) electrons. The molecule has 0 aromatic heterocycles. The van der Waals surface area contributed by atoms with Gasteiger partial charge in [-0.15, -0.1) is 0 Å². The Labute approximate surface area is 83.7 Å². The summed E-state index contributed by atoms with van der Waals surface area (Å²) in [6.07, 6.45) is 3.75. The van der Waals surface area contributed by atoms with E-state index in [1.165, 1.54) is 18.4 Å². The van der Waals surface area contributed by atoms with Crippen LogP contribution in [0.3, 0.4) is 0 Å². The summed E-state index contributed by atoms with van der Waals surface area (Å²) in [6.45, 7) is 0. The first-order valence-corrected chi connectivity index (χ1v) is 5.28. The van der Waals surface area contributed by atoms with Crippen LogP contribution in [-0.2, 0) is 0 Å². The number of hydrogen-bond donors (Lipinski definition) is 2. The van der Waals surface area contributed by atoms with E-state index in [9.17, 15) is 5.11 Å². The highest BCUT2D eigenvalue weighted by Crippen LogP contribution is 2.60. The van der Waals surface area contributed by atoms with Crippen LogP contribution in [0.5, 0.6) is 5.75 Å². The molecule has 0 saturated heterocycles. The van der Waals surface area contributed by atoms with Gasteiger partial charge in [0.1, 0.15) is 5.75 Å². The van der Waals surface area contributed by atoms with Crippen molar-refractivity contribution in [2.75, 3.05) is 0 Å². The van der Waals surface area contributed by atoms with Crippen LogP contribution in [0.4, 0.5) is 0 Å². The van der Waals surface area contributed by atoms with Gasteiger partial charge in [0.05, 0.1) is 0 Å². The standard InChI is InChI=1S/C12H15NO/c13-12(9-3-4-9)7-11(12)8-1-5-10(14)6-2-8/h1-2,5-6,9,11,14H,3-4,7,13H2. The Balaban J connectivity index is 1.82. The Morgan fingerprint density at radius 3 is 2.43 bits per heavy atom. The van der Waals surface area contributed by atoms with Gasteiger partial charge in [0.25, 0.3) is 0 Å². The average molecular weight is 189 g/mol. The average Bonchev–Trinajstić information content (AvgIpc) is 2.99. The molecule has 2 nitrogen and oxygen atoms in total. The van der Waals surface area contributed by atoms with E-state index in [1.807, 2.05) is 12.1 Å². The maximum Gasteiger partial charge on any atom is 0.115 e. The van der Waals surface area contributed by atoms with Crippen LogP contribution in [0.25, 0.3) is 0 Å². The Hall–Kier alpha value is -1.02. The summed E-state index contributed by atoms with van der Waals surface area (Å²) in [4.78, 5) is 0. The summed E-state index contributed by atoms with van der Waals surface area (Å²) in [5.74, 6) is 1.64. The normalized spacial score (nSPS) is 35.6. The molecule has 0 bridgehead atoms. The Morgan fingerprint density at radius 1 is 1.21 bits per heavy atom. The van der Waals surface area contributed by atoms with Crippen molar-refractivity contribution in [1.29, 1.82) is 0 Å². The van der Waals surface area contributed by atoms with Crippen LogP contribution in [-0.4, -0.2) is 10.6 Å². The largest absolute Gasteiger partial charge is 0.508 e.